The van der Waals surface area contributed by atoms with Gasteiger partial charge in [0.25, 0.3) is 0 Å². The van der Waals surface area contributed by atoms with Crippen LogP contribution >= 0.6 is 0 Å². The van der Waals surface area contributed by atoms with Crippen LogP contribution in [0.2, 0.25) is 0 Å². The van der Waals surface area contributed by atoms with E-state index in [0.29, 0.717) is 6.04 Å². The number of piperidine rings is 1. The van der Waals surface area contributed by atoms with Gasteiger partial charge in [-0.1, -0.05) is 67.6 Å². The Balaban J connectivity index is 1.29. The summed E-state index contributed by atoms with van der Waals surface area (Å²) in [5, 5.41) is 0. The Bertz CT molecular complexity index is 691. The van der Waals surface area contributed by atoms with Gasteiger partial charge in [-0.3, -0.25) is 4.90 Å². The third-order valence-electron chi connectivity index (χ3n) is 6.98. The molecule has 2 saturated heterocycles. The number of nitrogens with zero attached hydrogens (tertiary/aromatic N) is 2. The zero-order valence-electron chi connectivity index (χ0n) is 16.9. The maximum atomic E-state index is 2.73. The van der Waals surface area contributed by atoms with E-state index in [4.69, 9.17) is 0 Å². The first kappa shape index (κ1) is 18.7. The third-order valence-corrected chi connectivity index (χ3v) is 6.98. The van der Waals surface area contributed by atoms with Gasteiger partial charge >= 0.3 is 0 Å². The molecule has 2 aliphatic rings. The lowest BCUT2D eigenvalue weighted by Gasteiger charge is -2.34. The highest BCUT2D eigenvalue weighted by atomic mass is 15.2. The van der Waals surface area contributed by atoms with Crippen LogP contribution in [-0.2, 0) is 0 Å². The molecule has 0 N–H and O–H groups in total. The first-order chi connectivity index (χ1) is 13.2. The number of hydrogen-bond donors (Lipinski definition) is 0. The van der Waals surface area contributed by atoms with Crippen molar-refractivity contribution in [3.63, 3.8) is 0 Å². The summed E-state index contributed by atoms with van der Waals surface area (Å²) in [5.41, 5.74) is 2.99. The van der Waals surface area contributed by atoms with Crippen LogP contribution in [0.3, 0.4) is 0 Å². The molecule has 2 aliphatic heterocycles. The van der Waals surface area contributed by atoms with Crippen LogP contribution < -0.4 is 0 Å². The van der Waals surface area contributed by atoms with Gasteiger partial charge in [0.15, 0.2) is 0 Å². The van der Waals surface area contributed by atoms with Crippen molar-refractivity contribution in [1.29, 1.82) is 0 Å². The molecule has 0 aliphatic carbocycles. The fourth-order valence-electron chi connectivity index (χ4n) is 5.08. The van der Waals surface area contributed by atoms with Crippen LogP contribution in [0.25, 0.3) is 0 Å². The number of hydrogen-bond acceptors (Lipinski definition) is 2. The van der Waals surface area contributed by atoms with E-state index < -0.39 is 0 Å². The van der Waals surface area contributed by atoms with Crippen molar-refractivity contribution in [3.8, 4) is 0 Å². The molecule has 144 valence electrons. The van der Waals surface area contributed by atoms with Crippen molar-refractivity contribution in [2.75, 3.05) is 32.7 Å². The summed E-state index contributed by atoms with van der Waals surface area (Å²) < 4.78 is 0. The van der Waals surface area contributed by atoms with Crippen LogP contribution in [0.15, 0.2) is 60.7 Å². The molecule has 3 atom stereocenters. The van der Waals surface area contributed by atoms with E-state index in [-0.39, 0.29) is 0 Å². The molecule has 2 aromatic carbocycles. The molecule has 4 rings (SSSR count). The van der Waals surface area contributed by atoms with E-state index in [1.807, 2.05) is 0 Å². The van der Waals surface area contributed by atoms with Gasteiger partial charge in [0, 0.05) is 25.7 Å². The van der Waals surface area contributed by atoms with E-state index in [9.17, 15) is 0 Å². The van der Waals surface area contributed by atoms with E-state index in [1.54, 1.807) is 0 Å². The molecular formula is C25H34N2. The fourth-order valence-corrected chi connectivity index (χ4v) is 5.08. The Kier molecular flexibility index (Phi) is 5.95. The van der Waals surface area contributed by atoms with Crippen molar-refractivity contribution in [2.45, 2.75) is 38.6 Å². The smallest absolute Gasteiger partial charge is 0.0320 e. The summed E-state index contributed by atoms with van der Waals surface area (Å²) in [6.45, 7) is 11.1. The van der Waals surface area contributed by atoms with E-state index in [0.717, 1.165) is 17.8 Å². The van der Waals surface area contributed by atoms with Crippen LogP contribution in [-0.4, -0.2) is 42.5 Å². The van der Waals surface area contributed by atoms with E-state index in [1.165, 1.54) is 56.7 Å². The Morgan fingerprint density at radius 1 is 0.889 bits per heavy atom. The average Bonchev–Trinajstić information content (AvgIpc) is 3.09. The van der Waals surface area contributed by atoms with Crippen LogP contribution in [0.5, 0.6) is 0 Å². The zero-order chi connectivity index (χ0) is 18.6. The Hall–Kier alpha value is -1.64. The molecule has 2 nitrogen and oxygen atoms in total. The molecule has 0 bridgehead atoms. The third kappa shape index (κ3) is 4.44. The standard InChI is InChI=1S/C25H34N2/c1-20-17-27(21(2)22-9-5-3-6-10-22)19-25(20)18-26-15-13-24(14-16-26)23-11-7-4-8-12-23/h3-12,20-21,24-25H,13-19H2,1-2H3/t20?,21?,25-/m0/s1. The topological polar surface area (TPSA) is 6.48 Å². The Morgan fingerprint density at radius 3 is 2.19 bits per heavy atom. The lowest BCUT2D eigenvalue weighted by Crippen LogP contribution is -2.38. The second-order valence-electron chi connectivity index (χ2n) is 8.76. The second-order valence-corrected chi connectivity index (χ2v) is 8.76. The molecule has 2 unspecified atom stereocenters. The largest absolute Gasteiger partial charge is 0.303 e. The molecular weight excluding hydrogens is 328 g/mol. The molecule has 0 aromatic heterocycles. The summed E-state index contributed by atoms with van der Waals surface area (Å²) in [7, 11) is 0. The number of likely N-dealkylation sites (tertiary alicyclic amines) is 2. The minimum atomic E-state index is 0.530. The first-order valence-corrected chi connectivity index (χ1v) is 10.8. The fraction of sp³-hybridized carbons (Fsp3) is 0.520. The van der Waals surface area contributed by atoms with Gasteiger partial charge in [-0.2, -0.15) is 0 Å². The predicted octanol–water partition coefficient (Wildman–Crippen LogP) is 5.20. The highest BCUT2D eigenvalue weighted by Crippen LogP contribution is 2.33. The normalized spacial score (nSPS) is 26.3. The maximum absolute atomic E-state index is 2.73. The summed E-state index contributed by atoms with van der Waals surface area (Å²) in [6, 6.07) is 22.6. The highest BCUT2D eigenvalue weighted by Gasteiger charge is 2.34. The lowest BCUT2D eigenvalue weighted by atomic mass is 9.88. The molecule has 0 saturated carbocycles. The quantitative estimate of drug-likeness (QED) is 0.722. The van der Waals surface area contributed by atoms with Crippen LogP contribution in [0.1, 0.15) is 49.8 Å². The summed E-state index contributed by atoms with van der Waals surface area (Å²) in [5.74, 6) is 2.37. The first-order valence-electron chi connectivity index (χ1n) is 10.8. The van der Waals surface area contributed by atoms with E-state index >= 15 is 0 Å². The van der Waals surface area contributed by atoms with E-state index in [2.05, 4.69) is 84.3 Å². The van der Waals surface area contributed by atoms with Crippen molar-refractivity contribution in [3.05, 3.63) is 71.8 Å². The maximum Gasteiger partial charge on any atom is 0.0320 e. The molecule has 0 radical (unpaired) electrons. The highest BCUT2D eigenvalue weighted by molar-refractivity contribution is 5.20. The van der Waals surface area contributed by atoms with Crippen LogP contribution in [0.4, 0.5) is 0 Å². The molecule has 2 aromatic rings. The summed E-state index contributed by atoms with van der Waals surface area (Å²) in [4.78, 5) is 5.43. The van der Waals surface area contributed by atoms with Gasteiger partial charge in [0.1, 0.15) is 0 Å². The minimum absolute atomic E-state index is 0.530. The van der Waals surface area contributed by atoms with Crippen molar-refractivity contribution in [2.24, 2.45) is 11.8 Å². The second kappa shape index (κ2) is 8.58. The Labute approximate surface area is 165 Å². The van der Waals surface area contributed by atoms with Gasteiger partial charge in [-0.25, -0.2) is 0 Å². The average molecular weight is 363 g/mol. The summed E-state index contributed by atoms with van der Waals surface area (Å²) in [6.07, 6.45) is 2.63. The molecule has 0 spiro atoms. The number of benzene rings is 2. The molecule has 2 heteroatoms. The monoisotopic (exact) mass is 362 g/mol. The number of rotatable bonds is 5. The van der Waals surface area contributed by atoms with Crippen molar-refractivity contribution >= 4 is 0 Å². The van der Waals surface area contributed by atoms with Gasteiger partial charge in [0.05, 0.1) is 0 Å². The molecule has 2 heterocycles. The minimum Gasteiger partial charge on any atom is -0.303 e. The van der Waals surface area contributed by atoms with Crippen molar-refractivity contribution < 1.29 is 0 Å². The predicted molar refractivity (Wildman–Crippen MR) is 114 cm³/mol. The van der Waals surface area contributed by atoms with Gasteiger partial charge in [0.2, 0.25) is 0 Å². The van der Waals surface area contributed by atoms with Gasteiger partial charge in [-0.15, -0.1) is 0 Å². The molecule has 27 heavy (non-hydrogen) atoms. The molecule has 2 fully saturated rings. The van der Waals surface area contributed by atoms with Gasteiger partial charge in [-0.05, 0) is 61.7 Å². The lowest BCUT2D eigenvalue weighted by molar-refractivity contribution is 0.169. The van der Waals surface area contributed by atoms with Crippen LogP contribution in [0, 0.1) is 11.8 Å². The molecule has 0 amide bonds. The van der Waals surface area contributed by atoms with Gasteiger partial charge < -0.3 is 4.90 Å². The SMILES string of the molecule is CC1CN(C(C)c2ccccc2)C[C@@H]1CN1CCC(c2ccccc2)CC1. The Morgan fingerprint density at radius 2 is 1.52 bits per heavy atom. The van der Waals surface area contributed by atoms with Crippen molar-refractivity contribution in [1.82, 2.24) is 9.80 Å². The summed E-state index contributed by atoms with van der Waals surface area (Å²) >= 11 is 0. The zero-order valence-corrected chi connectivity index (χ0v) is 16.9.